The molecular weight excluding hydrogens is 352 g/mol. The van der Waals surface area contributed by atoms with E-state index in [1.807, 2.05) is 30.3 Å². The molecule has 134 valence electrons. The molecule has 0 aliphatic carbocycles. The monoisotopic (exact) mass is 370 g/mol. The van der Waals surface area contributed by atoms with Crippen LogP contribution in [0.1, 0.15) is 6.92 Å². The van der Waals surface area contributed by atoms with Gasteiger partial charge in [0.2, 0.25) is 5.91 Å². The molecule has 0 spiro atoms. The number of rotatable bonds is 5. The largest absolute Gasteiger partial charge is 0.326 e. The van der Waals surface area contributed by atoms with Crippen LogP contribution in [0.5, 0.6) is 0 Å². The smallest absolute Gasteiger partial charge is 0.262 e. The highest BCUT2D eigenvalue weighted by Gasteiger charge is 2.19. The van der Waals surface area contributed by atoms with E-state index >= 15 is 0 Å². The number of amides is 1. The number of sulfonamides is 1. The van der Waals surface area contributed by atoms with Gasteiger partial charge in [-0.1, -0.05) is 30.3 Å². The first-order valence-electron chi connectivity index (χ1n) is 7.85. The topological polar surface area (TPSA) is 93.1 Å². The highest BCUT2D eigenvalue weighted by atomic mass is 32.2. The van der Waals surface area contributed by atoms with Crippen LogP contribution in [-0.2, 0) is 21.9 Å². The number of carbonyl (C=O) groups is 1. The molecule has 26 heavy (non-hydrogen) atoms. The van der Waals surface area contributed by atoms with Gasteiger partial charge in [0.15, 0.2) is 0 Å². The van der Waals surface area contributed by atoms with E-state index in [-0.39, 0.29) is 10.8 Å². The molecule has 0 unspecified atom stereocenters. The van der Waals surface area contributed by atoms with Crippen LogP contribution in [0.4, 0.5) is 11.4 Å². The number of hydrogen-bond acceptors (Lipinski definition) is 4. The Kier molecular flexibility index (Phi) is 4.77. The lowest BCUT2D eigenvalue weighted by Gasteiger charge is -2.10. The zero-order valence-corrected chi connectivity index (χ0v) is 15.1. The first-order chi connectivity index (χ1) is 12.4. The third kappa shape index (κ3) is 3.75. The van der Waals surface area contributed by atoms with Gasteiger partial charge in [-0.05, 0) is 24.3 Å². The summed E-state index contributed by atoms with van der Waals surface area (Å²) in [5.74, 6) is -0.221. The SMILES string of the molecule is CC(=O)Nc1ccc(S(=O)(=O)Nc2cnn(C)c2-c2ccccc2)cc1. The number of nitrogens with one attached hydrogen (secondary N) is 2. The highest BCUT2D eigenvalue weighted by molar-refractivity contribution is 7.92. The highest BCUT2D eigenvalue weighted by Crippen LogP contribution is 2.29. The van der Waals surface area contributed by atoms with Crippen molar-refractivity contribution in [2.24, 2.45) is 7.05 Å². The number of aryl methyl sites for hydroxylation is 1. The second-order valence-electron chi connectivity index (χ2n) is 5.71. The molecular formula is C18H18N4O3S. The molecule has 0 aliphatic heterocycles. The van der Waals surface area contributed by atoms with Gasteiger partial charge in [0.05, 0.1) is 22.5 Å². The quantitative estimate of drug-likeness (QED) is 0.722. The van der Waals surface area contributed by atoms with E-state index in [0.717, 1.165) is 5.56 Å². The Bertz CT molecular complexity index is 1030. The summed E-state index contributed by atoms with van der Waals surface area (Å²) in [7, 11) is -2.04. The maximum Gasteiger partial charge on any atom is 0.262 e. The van der Waals surface area contributed by atoms with Crippen LogP contribution in [0.15, 0.2) is 65.7 Å². The van der Waals surface area contributed by atoms with Crippen LogP contribution in [0.2, 0.25) is 0 Å². The zero-order chi connectivity index (χ0) is 18.7. The molecule has 2 N–H and O–H groups in total. The normalized spacial score (nSPS) is 11.2. The maximum atomic E-state index is 12.7. The van der Waals surface area contributed by atoms with E-state index in [9.17, 15) is 13.2 Å². The molecule has 1 aromatic heterocycles. The Hall–Kier alpha value is -3.13. The van der Waals surface area contributed by atoms with Crippen LogP contribution in [-0.4, -0.2) is 24.1 Å². The van der Waals surface area contributed by atoms with Crippen molar-refractivity contribution in [1.82, 2.24) is 9.78 Å². The number of carbonyl (C=O) groups excluding carboxylic acids is 1. The van der Waals surface area contributed by atoms with Gasteiger partial charge in [0.25, 0.3) is 10.0 Å². The van der Waals surface area contributed by atoms with Crippen molar-refractivity contribution in [3.8, 4) is 11.3 Å². The van der Waals surface area contributed by atoms with Gasteiger partial charge in [-0.25, -0.2) is 8.42 Å². The van der Waals surface area contributed by atoms with Gasteiger partial charge < -0.3 is 5.32 Å². The Labute approximate surface area is 151 Å². The van der Waals surface area contributed by atoms with Crippen molar-refractivity contribution in [3.63, 3.8) is 0 Å². The molecule has 0 bridgehead atoms. The van der Waals surface area contributed by atoms with Crippen LogP contribution in [0.25, 0.3) is 11.3 Å². The average Bonchev–Trinajstić information content (AvgIpc) is 2.95. The summed E-state index contributed by atoms with van der Waals surface area (Å²) in [4.78, 5) is 11.2. The van der Waals surface area contributed by atoms with E-state index in [0.29, 0.717) is 17.1 Å². The van der Waals surface area contributed by atoms with Crippen LogP contribution in [0, 0.1) is 0 Å². The van der Waals surface area contributed by atoms with Crippen LogP contribution < -0.4 is 10.0 Å². The fourth-order valence-corrected chi connectivity index (χ4v) is 3.63. The fourth-order valence-electron chi connectivity index (χ4n) is 2.57. The average molecular weight is 370 g/mol. The van der Waals surface area contributed by atoms with Crippen LogP contribution in [0.3, 0.4) is 0 Å². The summed E-state index contributed by atoms with van der Waals surface area (Å²) in [6, 6.07) is 15.4. The molecule has 0 aliphatic rings. The van der Waals surface area contributed by atoms with Gasteiger partial charge in [-0.2, -0.15) is 5.10 Å². The Morgan fingerprint density at radius 1 is 1.04 bits per heavy atom. The van der Waals surface area contributed by atoms with Crippen molar-refractivity contribution < 1.29 is 13.2 Å². The molecule has 0 saturated carbocycles. The zero-order valence-electron chi connectivity index (χ0n) is 14.3. The van der Waals surface area contributed by atoms with Crippen molar-refractivity contribution in [3.05, 3.63) is 60.8 Å². The molecule has 0 atom stereocenters. The van der Waals surface area contributed by atoms with E-state index in [1.54, 1.807) is 11.7 Å². The maximum absolute atomic E-state index is 12.7. The molecule has 0 fully saturated rings. The second-order valence-corrected chi connectivity index (χ2v) is 7.39. The number of nitrogens with zero attached hydrogens (tertiary/aromatic N) is 2. The van der Waals surface area contributed by atoms with E-state index in [2.05, 4.69) is 15.1 Å². The first kappa shape index (κ1) is 17.7. The van der Waals surface area contributed by atoms with E-state index in [1.165, 1.54) is 37.4 Å². The predicted octanol–water partition coefficient (Wildman–Crippen LogP) is 2.85. The number of aromatic nitrogens is 2. The summed E-state index contributed by atoms with van der Waals surface area (Å²) in [5.41, 5.74) is 2.45. The van der Waals surface area contributed by atoms with Crippen molar-refractivity contribution in [2.75, 3.05) is 10.0 Å². The first-order valence-corrected chi connectivity index (χ1v) is 9.33. The van der Waals surface area contributed by atoms with Gasteiger partial charge in [0, 0.05) is 25.2 Å². The number of anilines is 2. The molecule has 1 amide bonds. The molecule has 3 rings (SSSR count). The lowest BCUT2D eigenvalue weighted by Crippen LogP contribution is -2.13. The summed E-state index contributed by atoms with van der Waals surface area (Å²) in [6.45, 7) is 1.39. The second kappa shape index (κ2) is 7.01. The predicted molar refractivity (Wildman–Crippen MR) is 100 cm³/mol. The minimum absolute atomic E-state index is 0.0921. The van der Waals surface area contributed by atoms with Crippen LogP contribution >= 0.6 is 0 Å². The Balaban J connectivity index is 1.90. The van der Waals surface area contributed by atoms with E-state index in [4.69, 9.17) is 0 Å². The molecule has 0 radical (unpaired) electrons. The van der Waals surface area contributed by atoms with Gasteiger partial charge in [-0.3, -0.25) is 14.2 Å². The van der Waals surface area contributed by atoms with E-state index < -0.39 is 10.0 Å². The Morgan fingerprint density at radius 2 is 1.69 bits per heavy atom. The van der Waals surface area contributed by atoms with Crippen molar-refractivity contribution >= 4 is 27.3 Å². The summed E-state index contributed by atoms with van der Waals surface area (Å²) >= 11 is 0. The molecule has 3 aromatic rings. The lowest BCUT2D eigenvalue weighted by atomic mass is 10.1. The Morgan fingerprint density at radius 3 is 2.31 bits per heavy atom. The summed E-state index contributed by atoms with van der Waals surface area (Å²) < 4.78 is 29.6. The minimum atomic E-state index is -3.79. The number of benzene rings is 2. The van der Waals surface area contributed by atoms with Crippen molar-refractivity contribution in [1.29, 1.82) is 0 Å². The number of hydrogen-bond donors (Lipinski definition) is 2. The summed E-state index contributed by atoms with van der Waals surface area (Å²) in [6.07, 6.45) is 1.48. The lowest BCUT2D eigenvalue weighted by molar-refractivity contribution is -0.114. The molecule has 8 heteroatoms. The minimum Gasteiger partial charge on any atom is -0.326 e. The molecule has 1 heterocycles. The molecule has 0 saturated heterocycles. The fraction of sp³-hybridized carbons (Fsp3) is 0.111. The molecule has 7 nitrogen and oxygen atoms in total. The van der Waals surface area contributed by atoms with Crippen molar-refractivity contribution in [2.45, 2.75) is 11.8 Å². The standard InChI is InChI=1S/C18H18N4O3S/c1-13(23)20-15-8-10-16(11-9-15)26(24,25)21-17-12-19-22(2)18(17)14-6-4-3-5-7-14/h3-12,21H,1-2H3,(H,20,23). The van der Waals surface area contributed by atoms with Gasteiger partial charge in [0.1, 0.15) is 0 Å². The third-order valence-electron chi connectivity index (χ3n) is 3.72. The molecule has 2 aromatic carbocycles. The third-order valence-corrected chi connectivity index (χ3v) is 5.10. The summed E-state index contributed by atoms with van der Waals surface area (Å²) in [5, 5.41) is 6.76. The van der Waals surface area contributed by atoms with Gasteiger partial charge in [-0.15, -0.1) is 0 Å². The van der Waals surface area contributed by atoms with Gasteiger partial charge >= 0.3 is 0 Å².